The highest BCUT2D eigenvalue weighted by Crippen LogP contribution is 1.92. The summed E-state index contributed by atoms with van der Waals surface area (Å²) in [5, 5.41) is 6.20. The van der Waals surface area contributed by atoms with E-state index in [9.17, 15) is 0 Å². The normalized spacial score (nSPS) is 35.1. The van der Waals surface area contributed by atoms with Crippen molar-refractivity contribution in [2.24, 2.45) is 11.5 Å². The first-order valence-corrected chi connectivity index (χ1v) is 3.17. The molecule has 0 aromatic heterocycles. The molecule has 1 aliphatic rings. The molecule has 9 heavy (non-hydrogen) atoms. The summed E-state index contributed by atoms with van der Waals surface area (Å²) >= 11 is 4.78. The van der Waals surface area contributed by atoms with Gasteiger partial charge in [-0.15, -0.1) is 0 Å². The summed E-state index contributed by atoms with van der Waals surface area (Å²) < 4.78 is 0. The lowest BCUT2D eigenvalue weighted by molar-refractivity contribution is 0.440. The number of hydrogen-bond acceptors (Lipinski definition) is 3. The topological polar surface area (TPSA) is 76.1 Å². The zero-order valence-electron chi connectivity index (χ0n) is 4.92. The maximum absolute atomic E-state index is 5.50. The fourth-order valence-electron chi connectivity index (χ4n) is 0.770. The van der Waals surface area contributed by atoms with Crippen molar-refractivity contribution in [1.29, 1.82) is 0 Å². The molecule has 0 aliphatic carbocycles. The van der Waals surface area contributed by atoms with Crippen LogP contribution in [0.1, 0.15) is 6.42 Å². The van der Waals surface area contributed by atoms with Crippen LogP contribution in [0.25, 0.3) is 0 Å². The molecule has 5 heteroatoms. The lowest BCUT2D eigenvalue weighted by atomic mass is 10.2. The molecule has 1 fully saturated rings. The molecule has 0 spiro atoms. The second-order valence-electron chi connectivity index (χ2n) is 2.07. The van der Waals surface area contributed by atoms with Crippen LogP contribution >= 0.6 is 12.2 Å². The molecule has 1 rings (SSSR count). The number of nitrogens with one attached hydrogen (secondary N) is 2. The van der Waals surface area contributed by atoms with E-state index in [4.69, 9.17) is 23.7 Å². The maximum Gasteiger partial charge on any atom is 0.168 e. The molecule has 0 radical (unpaired) electrons. The molecule has 0 amide bonds. The zero-order valence-corrected chi connectivity index (χ0v) is 5.74. The Balaban J connectivity index is 2.43. The SMILES string of the molecule is NC1CC(N)NC(=S)N1. The van der Waals surface area contributed by atoms with E-state index >= 15 is 0 Å². The molecule has 52 valence electrons. The van der Waals surface area contributed by atoms with Crippen molar-refractivity contribution in [3.05, 3.63) is 0 Å². The number of hydrogen-bond donors (Lipinski definition) is 4. The van der Waals surface area contributed by atoms with E-state index in [0.29, 0.717) is 11.5 Å². The Labute approximate surface area is 59.0 Å². The molecule has 1 aliphatic heterocycles. The van der Waals surface area contributed by atoms with Crippen LogP contribution in [0.5, 0.6) is 0 Å². The van der Waals surface area contributed by atoms with E-state index in [1.54, 1.807) is 0 Å². The highest BCUT2D eigenvalue weighted by molar-refractivity contribution is 7.80. The van der Waals surface area contributed by atoms with Gasteiger partial charge >= 0.3 is 0 Å². The van der Waals surface area contributed by atoms with E-state index in [1.165, 1.54) is 0 Å². The predicted molar refractivity (Wildman–Crippen MR) is 39.4 cm³/mol. The lowest BCUT2D eigenvalue weighted by Crippen LogP contribution is -2.60. The predicted octanol–water partition coefficient (Wildman–Crippen LogP) is -1.58. The largest absolute Gasteiger partial charge is 0.347 e. The average molecular weight is 146 g/mol. The second kappa shape index (κ2) is 2.47. The highest BCUT2D eigenvalue weighted by Gasteiger charge is 2.16. The van der Waals surface area contributed by atoms with Crippen LogP contribution in [-0.4, -0.2) is 17.4 Å². The summed E-state index contributed by atoms with van der Waals surface area (Å²) in [5.41, 5.74) is 11.0. The molecule has 4 nitrogen and oxygen atoms in total. The third kappa shape index (κ3) is 1.78. The van der Waals surface area contributed by atoms with Gasteiger partial charge in [0.05, 0.1) is 12.3 Å². The molecule has 0 aromatic carbocycles. The Morgan fingerprint density at radius 2 is 1.78 bits per heavy atom. The number of rotatable bonds is 0. The Kier molecular flexibility index (Phi) is 1.84. The van der Waals surface area contributed by atoms with E-state index in [2.05, 4.69) is 10.6 Å². The molecule has 0 bridgehead atoms. The van der Waals surface area contributed by atoms with Crippen LogP contribution in [0.15, 0.2) is 0 Å². The lowest BCUT2D eigenvalue weighted by Gasteiger charge is -2.27. The molecule has 0 aromatic rings. The van der Waals surface area contributed by atoms with Gasteiger partial charge in [-0.3, -0.25) is 0 Å². The molecule has 2 atom stereocenters. The van der Waals surface area contributed by atoms with Crippen molar-refractivity contribution in [2.75, 3.05) is 0 Å². The third-order valence-electron chi connectivity index (χ3n) is 1.14. The Bertz CT molecular complexity index is 114. The first-order valence-electron chi connectivity index (χ1n) is 2.76. The quantitative estimate of drug-likeness (QED) is 0.310. The summed E-state index contributed by atoms with van der Waals surface area (Å²) in [7, 11) is 0. The third-order valence-corrected chi connectivity index (χ3v) is 1.38. The second-order valence-corrected chi connectivity index (χ2v) is 2.47. The maximum atomic E-state index is 5.50. The van der Waals surface area contributed by atoms with Gasteiger partial charge in [0.1, 0.15) is 0 Å². The highest BCUT2D eigenvalue weighted by atomic mass is 32.1. The first kappa shape index (κ1) is 6.73. The van der Waals surface area contributed by atoms with Crippen molar-refractivity contribution >= 4 is 17.3 Å². The van der Waals surface area contributed by atoms with Crippen LogP contribution in [0.4, 0.5) is 0 Å². The van der Waals surface area contributed by atoms with Crippen molar-refractivity contribution in [3.8, 4) is 0 Å². The summed E-state index contributed by atoms with van der Waals surface area (Å²) in [4.78, 5) is 0. The summed E-state index contributed by atoms with van der Waals surface area (Å²) in [6, 6.07) is 0. The molecule has 0 saturated carbocycles. The van der Waals surface area contributed by atoms with Crippen molar-refractivity contribution in [3.63, 3.8) is 0 Å². The van der Waals surface area contributed by atoms with E-state index in [1.807, 2.05) is 0 Å². The summed E-state index contributed by atoms with van der Waals surface area (Å²) in [5.74, 6) is 0. The minimum absolute atomic E-state index is 0.0891. The van der Waals surface area contributed by atoms with Gasteiger partial charge in [0.15, 0.2) is 5.11 Å². The molecule has 1 heterocycles. The van der Waals surface area contributed by atoms with Gasteiger partial charge in [-0.2, -0.15) is 0 Å². The zero-order chi connectivity index (χ0) is 6.85. The van der Waals surface area contributed by atoms with Crippen molar-refractivity contribution in [1.82, 2.24) is 10.6 Å². The van der Waals surface area contributed by atoms with Gasteiger partial charge in [0.2, 0.25) is 0 Å². The van der Waals surface area contributed by atoms with Crippen LogP contribution in [0.3, 0.4) is 0 Å². The van der Waals surface area contributed by atoms with Gasteiger partial charge in [0, 0.05) is 6.42 Å². The van der Waals surface area contributed by atoms with E-state index < -0.39 is 0 Å². The van der Waals surface area contributed by atoms with Gasteiger partial charge in [-0.1, -0.05) is 0 Å². The molecule has 6 N–H and O–H groups in total. The van der Waals surface area contributed by atoms with Crippen LogP contribution in [0.2, 0.25) is 0 Å². The van der Waals surface area contributed by atoms with Gasteiger partial charge in [-0.25, -0.2) is 0 Å². The smallest absolute Gasteiger partial charge is 0.168 e. The van der Waals surface area contributed by atoms with Crippen molar-refractivity contribution < 1.29 is 0 Å². The fourth-order valence-corrected chi connectivity index (χ4v) is 1.07. The van der Waals surface area contributed by atoms with Gasteiger partial charge in [0.25, 0.3) is 0 Å². The van der Waals surface area contributed by atoms with Crippen LogP contribution < -0.4 is 22.1 Å². The van der Waals surface area contributed by atoms with Gasteiger partial charge < -0.3 is 22.1 Å². The Morgan fingerprint density at radius 3 is 2.11 bits per heavy atom. The number of nitrogens with two attached hydrogens (primary N) is 2. The standard InChI is InChI=1S/C4H10N4S/c5-2-1-3(6)8-4(9)7-2/h2-3H,1,5-6H2,(H2,7,8,9). The van der Waals surface area contributed by atoms with Gasteiger partial charge in [-0.05, 0) is 12.2 Å². The van der Waals surface area contributed by atoms with Crippen molar-refractivity contribution in [2.45, 2.75) is 18.8 Å². The minimum atomic E-state index is -0.0891. The molecule has 1 saturated heterocycles. The first-order chi connectivity index (χ1) is 4.18. The summed E-state index contributed by atoms with van der Waals surface area (Å²) in [6.45, 7) is 0. The molecular formula is C4H10N4S. The number of thiocarbonyl (C=S) groups is 1. The van der Waals surface area contributed by atoms with E-state index in [-0.39, 0.29) is 12.3 Å². The van der Waals surface area contributed by atoms with Crippen LogP contribution in [0, 0.1) is 0 Å². The summed E-state index contributed by atoms with van der Waals surface area (Å²) in [6.07, 6.45) is 0.530. The Hall–Kier alpha value is -0.390. The molecular weight excluding hydrogens is 136 g/mol. The Morgan fingerprint density at radius 1 is 1.33 bits per heavy atom. The van der Waals surface area contributed by atoms with Crippen LogP contribution in [-0.2, 0) is 0 Å². The fraction of sp³-hybridized carbons (Fsp3) is 0.750. The minimum Gasteiger partial charge on any atom is -0.347 e. The average Bonchev–Trinajstić information content (AvgIpc) is 1.59. The molecule has 2 unspecified atom stereocenters. The van der Waals surface area contributed by atoms with E-state index in [0.717, 1.165) is 0 Å². The monoisotopic (exact) mass is 146 g/mol.